The van der Waals surface area contributed by atoms with E-state index in [0.717, 1.165) is 13.1 Å². The van der Waals surface area contributed by atoms with Crippen LogP contribution in [0.15, 0.2) is 0 Å². The molecule has 2 heteroatoms. The van der Waals surface area contributed by atoms with Gasteiger partial charge in [-0.2, -0.15) is 0 Å². The second kappa shape index (κ2) is 5.56. The molecule has 0 aromatic carbocycles. The van der Waals surface area contributed by atoms with Gasteiger partial charge < -0.3 is 5.73 Å². The lowest BCUT2D eigenvalue weighted by Gasteiger charge is -2.32. The Morgan fingerprint density at radius 1 is 1.18 bits per heavy atom. The summed E-state index contributed by atoms with van der Waals surface area (Å²) in [6.45, 7) is 10.7. The van der Waals surface area contributed by atoms with Crippen molar-refractivity contribution in [2.24, 2.45) is 5.73 Å². The van der Waals surface area contributed by atoms with Crippen LogP contribution in [0.4, 0.5) is 0 Å². The van der Waals surface area contributed by atoms with Crippen LogP contribution >= 0.6 is 0 Å². The molecular formula is C9H22N2. The molecule has 0 heterocycles. The Morgan fingerprint density at radius 3 is 2.00 bits per heavy atom. The number of rotatable bonds is 5. The molecule has 0 aromatic heterocycles. The molecule has 0 aliphatic rings. The molecule has 0 aromatic rings. The maximum Gasteiger partial charge on any atom is 0.0192 e. The number of likely N-dealkylation sites (N-methyl/N-ethyl adjacent to an activating group) is 1. The summed E-state index contributed by atoms with van der Waals surface area (Å²) in [5.41, 5.74) is 5.60. The maximum atomic E-state index is 5.60. The Hall–Kier alpha value is -0.0800. The highest BCUT2D eigenvalue weighted by molar-refractivity contribution is 4.71. The fourth-order valence-electron chi connectivity index (χ4n) is 1.43. The summed E-state index contributed by atoms with van der Waals surface area (Å²) in [4.78, 5) is 2.44. The number of hydrogen-bond acceptors (Lipinski definition) is 2. The van der Waals surface area contributed by atoms with Crippen LogP contribution in [0, 0.1) is 0 Å². The molecule has 0 aliphatic carbocycles. The van der Waals surface area contributed by atoms with Gasteiger partial charge in [-0.05, 0) is 26.8 Å². The Morgan fingerprint density at radius 2 is 1.73 bits per heavy atom. The van der Waals surface area contributed by atoms with Crippen molar-refractivity contribution in [3.63, 3.8) is 0 Å². The molecule has 0 rings (SSSR count). The first-order valence-electron chi connectivity index (χ1n) is 4.63. The van der Waals surface area contributed by atoms with Crippen molar-refractivity contribution in [1.82, 2.24) is 4.90 Å². The maximum absolute atomic E-state index is 5.60. The van der Waals surface area contributed by atoms with Crippen LogP contribution in [0.2, 0.25) is 0 Å². The molecule has 2 nitrogen and oxygen atoms in total. The van der Waals surface area contributed by atoms with Gasteiger partial charge in [-0.25, -0.2) is 0 Å². The van der Waals surface area contributed by atoms with Crippen LogP contribution < -0.4 is 5.73 Å². The van der Waals surface area contributed by atoms with E-state index in [1.54, 1.807) is 0 Å². The van der Waals surface area contributed by atoms with Crippen LogP contribution in [0.25, 0.3) is 0 Å². The molecule has 0 amide bonds. The van der Waals surface area contributed by atoms with E-state index in [-0.39, 0.29) is 0 Å². The van der Waals surface area contributed by atoms with Gasteiger partial charge in [0.2, 0.25) is 0 Å². The van der Waals surface area contributed by atoms with E-state index in [4.69, 9.17) is 5.73 Å². The van der Waals surface area contributed by atoms with Gasteiger partial charge in [0, 0.05) is 18.6 Å². The van der Waals surface area contributed by atoms with E-state index in [1.807, 2.05) is 0 Å². The van der Waals surface area contributed by atoms with Crippen molar-refractivity contribution in [3.05, 3.63) is 0 Å². The van der Waals surface area contributed by atoms with E-state index in [1.165, 1.54) is 6.42 Å². The Bertz CT molecular complexity index is 83.6. The first-order chi connectivity index (χ1) is 5.17. The average molecular weight is 158 g/mol. The molecule has 0 saturated carbocycles. The lowest BCUT2D eigenvalue weighted by Crippen LogP contribution is -2.43. The first-order valence-corrected chi connectivity index (χ1v) is 4.63. The van der Waals surface area contributed by atoms with Gasteiger partial charge in [-0.3, -0.25) is 4.90 Å². The van der Waals surface area contributed by atoms with Crippen molar-refractivity contribution in [1.29, 1.82) is 0 Å². The normalized spacial score (nSPS) is 16.9. The van der Waals surface area contributed by atoms with E-state index in [2.05, 4.69) is 32.6 Å². The Balaban J connectivity index is 3.92. The highest BCUT2D eigenvalue weighted by Gasteiger charge is 2.14. The molecule has 2 atom stereocenters. The van der Waals surface area contributed by atoms with Crippen molar-refractivity contribution in [3.8, 4) is 0 Å². The third-order valence-electron chi connectivity index (χ3n) is 2.43. The standard InChI is InChI=1S/C9H22N2/c1-5-8(3)11(6-2)9(4)7-10/h8-9H,5-7,10H2,1-4H3. The monoisotopic (exact) mass is 158 g/mol. The van der Waals surface area contributed by atoms with E-state index >= 15 is 0 Å². The predicted octanol–water partition coefficient (Wildman–Crippen LogP) is 1.45. The summed E-state index contributed by atoms with van der Waals surface area (Å²) < 4.78 is 0. The molecule has 2 unspecified atom stereocenters. The van der Waals surface area contributed by atoms with Gasteiger partial charge in [0.15, 0.2) is 0 Å². The van der Waals surface area contributed by atoms with Gasteiger partial charge in [0.1, 0.15) is 0 Å². The van der Waals surface area contributed by atoms with E-state index in [0.29, 0.717) is 12.1 Å². The van der Waals surface area contributed by atoms with E-state index in [9.17, 15) is 0 Å². The third kappa shape index (κ3) is 3.21. The van der Waals surface area contributed by atoms with Crippen molar-refractivity contribution in [2.75, 3.05) is 13.1 Å². The minimum atomic E-state index is 0.523. The highest BCUT2D eigenvalue weighted by Crippen LogP contribution is 2.06. The van der Waals surface area contributed by atoms with Crippen LogP contribution in [-0.4, -0.2) is 30.1 Å². The zero-order valence-electron chi connectivity index (χ0n) is 8.30. The molecule has 11 heavy (non-hydrogen) atoms. The smallest absolute Gasteiger partial charge is 0.0192 e. The topological polar surface area (TPSA) is 29.3 Å². The lowest BCUT2D eigenvalue weighted by atomic mass is 10.1. The lowest BCUT2D eigenvalue weighted by molar-refractivity contribution is 0.162. The van der Waals surface area contributed by atoms with Gasteiger partial charge in [0.25, 0.3) is 0 Å². The summed E-state index contributed by atoms with van der Waals surface area (Å²) >= 11 is 0. The van der Waals surface area contributed by atoms with Gasteiger partial charge in [-0.1, -0.05) is 13.8 Å². The summed E-state index contributed by atoms with van der Waals surface area (Å²) in [6, 6.07) is 1.19. The predicted molar refractivity (Wildman–Crippen MR) is 50.6 cm³/mol. The fourth-order valence-corrected chi connectivity index (χ4v) is 1.43. The van der Waals surface area contributed by atoms with Gasteiger partial charge in [0.05, 0.1) is 0 Å². The molecule has 0 radical (unpaired) electrons. The van der Waals surface area contributed by atoms with Crippen LogP contribution in [-0.2, 0) is 0 Å². The second-order valence-corrected chi connectivity index (χ2v) is 3.17. The SMILES string of the molecule is CCC(C)N(CC)C(C)CN. The molecule has 0 spiro atoms. The zero-order chi connectivity index (χ0) is 8.85. The highest BCUT2D eigenvalue weighted by atomic mass is 15.2. The summed E-state index contributed by atoms with van der Waals surface area (Å²) in [6.07, 6.45) is 1.21. The largest absolute Gasteiger partial charge is 0.329 e. The van der Waals surface area contributed by atoms with Crippen LogP contribution in [0.1, 0.15) is 34.1 Å². The number of hydrogen-bond donors (Lipinski definition) is 1. The Labute approximate surface area is 70.8 Å². The molecule has 68 valence electrons. The minimum Gasteiger partial charge on any atom is -0.329 e. The summed E-state index contributed by atoms with van der Waals surface area (Å²) in [5, 5.41) is 0. The van der Waals surface area contributed by atoms with E-state index < -0.39 is 0 Å². The fraction of sp³-hybridized carbons (Fsp3) is 1.00. The zero-order valence-corrected chi connectivity index (χ0v) is 8.30. The minimum absolute atomic E-state index is 0.523. The number of nitrogens with zero attached hydrogens (tertiary/aromatic N) is 1. The summed E-state index contributed by atoms with van der Waals surface area (Å²) in [7, 11) is 0. The molecule has 0 bridgehead atoms. The van der Waals surface area contributed by atoms with Crippen molar-refractivity contribution >= 4 is 0 Å². The quantitative estimate of drug-likeness (QED) is 0.656. The van der Waals surface area contributed by atoms with Crippen LogP contribution in [0.3, 0.4) is 0 Å². The molecule has 0 fully saturated rings. The van der Waals surface area contributed by atoms with Crippen molar-refractivity contribution in [2.45, 2.75) is 46.2 Å². The number of nitrogens with two attached hydrogens (primary N) is 1. The van der Waals surface area contributed by atoms with Gasteiger partial charge in [-0.15, -0.1) is 0 Å². The molecule has 0 aliphatic heterocycles. The second-order valence-electron chi connectivity index (χ2n) is 3.17. The first kappa shape index (κ1) is 10.9. The molecular weight excluding hydrogens is 136 g/mol. The van der Waals surface area contributed by atoms with Gasteiger partial charge >= 0.3 is 0 Å². The summed E-state index contributed by atoms with van der Waals surface area (Å²) in [5.74, 6) is 0. The Kier molecular flexibility index (Phi) is 5.51. The third-order valence-corrected chi connectivity index (χ3v) is 2.43. The average Bonchev–Trinajstić information content (AvgIpc) is 2.05. The van der Waals surface area contributed by atoms with Crippen LogP contribution in [0.5, 0.6) is 0 Å². The van der Waals surface area contributed by atoms with Crippen molar-refractivity contribution < 1.29 is 0 Å². The molecule has 2 N–H and O–H groups in total. The molecule has 0 saturated heterocycles.